The third kappa shape index (κ3) is 5.71. The van der Waals surface area contributed by atoms with Gasteiger partial charge in [-0.2, -0.15) is 5.10 Å². The molecule has 0 saturated heterocycles. The third-order valence-electron chi connectivity index (χ3n) is 3.25. The third-order valence-corrected chi connectivity index (χ3v) is 3.25. The molecule has 0 spiro atoms. The highest BCUT2D eigenvalue weighted by Crippen LogP contribution is 2.22. The number of ether oxygens (including phenoxy) is 2. The van der Waals surface area contributed by atoms with E-state index in [4.69, 9.17) is 9.47 Å². The summed E-state index contributed by atoms with van der Waals surface area (Å²) in [5.41, 5.74) is 2.86. The van der Waals surface area contributed by atoms with Crippen LogP contribution in [0.15, 0.2) is 29.4 Å². The maximum atomic E-state index is 11.4. The molecule has 0 bridgehead atoms. The van der Waals surface area contributed by atoms with E-state index in [0.29, 0.717) is 5.92 Å². The van der Waals surface area contributed by atoms with Crippen molar-refractivity contribution in [3.63, 3.8) is 0 Å². The largest absolute Gasteiger partial charge is 0.443 e. The minimum Gasteiger partial charge on any atom is -0.443 e. The smallest absolute Gasteiger partial charge is 0.428 e. The molecular formula is C16H24N2O3. The molecule has 5 heteroatoms. The maximum Gasteiger partial charge on any atom is 0.428 e. The van der Waals surface area contributed by atoms with Crippen LogP contribution in [0, 0.1) is 5.92 Å². The summed E-state index contributed by atoms with van der Waals surface area (Å²) in [6, 6.07) is 0. The predicted molar refractivity (Wildman–Crippen MR) is 82.2 cm³/mol. The SMILES string of the molecule is CC(C)(C)OC(=O)NN=C1CC(OCC2C=CC=CC2)C1. The highest BCUT2D eigenvalue weighted by atomic mass is 16.6. The first-order valence-electron chi connectivity index (χ1n) is 7.42. The number of carbonyl (C=O) groups is 1. The molecule has 0 aromatic heterocycles. The van der Waals surface area contributed by atoms with Crippen LogP contribution in [0.4, 0.5) is 4.79 Å². The van der Waals surface area contributed by atoms with Crippen LogP contribution in [0.3, 0.4) is 0 Å². The van der Waals surface area contributed by atoms with Crippen LogP contribution < -0.4 is 5.43 Å². The number of carbonyl (C=O) groups excluding carboxylic acids is 1. The fourth-order valence-electron chi connectivity index (χ4n) is 2.12. The number of hydrogen-bond acceptors (Lipinski definition) is 4. The molecular weight excluding hydrogens is 268 g/mol. The number of nitrogens with one attached hydrogen (secondary N) is 1. The standard InChI is InChI=1S/C16H24N2O3/c1-16(2,3)21-15(19)18-17-13-9-14(10-13)20-11-12-7-5-4-6-8-12/h4-7,12,14H,8-11H2,1-3H3,(H,18,19). The van der Waals surface area contributed by atoms with Gasteiger partial charge in [-0.25, -0.2) is 10.2 Å². The molecule has 0 aliphatic heterocycles. The molecule has 2 aliphatic rings. The summed E-state index contributed by atoms with van der Waals surface area (Å²) in [6.07, 6.45) is 10.8. The second-order valence-corrected chi connectivity index (χ2v) is 6.46. The van der Waals surface area contributed by atoms with Crippen LogP contribution in [0.5, 0.6) is 0 Å². The van der Waals surface area contributed by atoms with Crippen LogP contribution in [0.2, 0.25) is 0 Å². The lowest BCUT2D eigenvalue weighted by Gasteiger charge is -2.29. The highest BCUT2D eigenvalue weighted by molar-refractivity contribution is 5.91. The lowest BCUT2D eigenvalue weighted by Crippen LogP contribution is -2.36. The minimum atomic E-state index is -0.515. The zero-order valence-electron chi connectivity index (χ0n) is 13.0. The molecule has 2 rings (SSSR count). The first-order chi connectivity index (χ1) is 9.92. The Kier molecular flexibility index (Phi) is 5.17. The lowest BCUT2D eigenvalue weighted by atomic mass is 9.93. The van der Waals surface area contributed by atoms with Gasteiger partial charge in [0.25, 0.3) is 0 Å². The molecule has 1 N–H and O–H groups in total. The minimum absolute atomic E-state index is 0.225. The van der Waals surface area contributed by atoms with Crippen LogP contribution in [0.1, 0.15) is 40.0 Å². The van der Waals surface area contributed by atoms with Crippen LogP contribution in [-0.2, 0) is 9.47 Å². The Labute approximate surface area is 126 Å². The Morgan fingerprint density at radius 2 is 2.14 bits per heavy atom. The number of hydrogen-bond donors (Lipinski definition) is 1. The number of rotatable bonds is 4. The van der Waals surface area contributed by atoms with Crippen molar-refractivity contribution in [3.05, 3.63) is 24.3 Å². The fraction of sp³-hybridized carbons (Fsp3) is 0.625. The number of nitrogens with zero attached hydrogens (tertiary/aromatic N) is 1. The number of allylic oxidation sites excluding steroid dienone is 3. The van der Waals surface area contributed by atoms with E-state index in [1.54, 1.807) is 0 Å². The average molecular weight is 292 g/mol. The average Bonchev–Trinajstić information content (AvgIpc) is 2.35. The molecule has 2 aliphatic carbocycles. The van der Waals surface area contributed by atoms with E-state index in [9.17, 15) is 4.79 Å². The quantitative estimate of drug-likeness (QED) is 0.810. The summed E-state index contributed by atoms with van der Waals surface area (Å²) in [7, 11) is 0. The second-order valence-electron chi connectivity index (χ2n) is 6.46. The molecule has 0 heterocycles. The topological polar surface area (TPSA) is 59.9 Å². The first-order valence-corrected chi connectivity index (χ1v) is 7.42. The van der Waals surface area contributed by atoms with Gasteiger partial charge in [0.1, 0.15) is 5.60 Å². The van der Waals surface area contributed by atoms with Crippen molar-refractivity contribution in [2.24, 2.45) is 11.0 Å². The number of hydrazone groups is 1. The molecule has 0 aromatic rings. The molecule has 0 aromatic carbocycles. The van der Waals surface area contributed by atoms with Gasteiger partial charge in [-0.15, -0.1) is 0 Å². The van der Waals surface area contributed by atoms with Crippen molar-refractivity contribution in [1.29, 1.82) is 0 Å². The summed E-state index contributed by atoms with van der Waals surface area (Å²) in [5, 5.41) is 4.05. The van der Waals surface area contributed by atoms with Crippen molar-refractivity contribution in [2.75, 3.05) is 6.61 Å². The molecule has 0 radical (unpaired) electrons. The van der Waals surface area contributed by atoms with Gasteiger partial charge in [-0.3, -0.25) is 0 Å². The fourth-order valence-corrected chi connectivity index (χ4v) is 2.12. The van der Waals surface area contributed by atoms with Gasteiger partial charge < -0.3 is 9.47 Å². The van der Waals surface area contributed by atoms with Gasteiger partial charge in [0.15, 0.2) is 0 Å². The summed E-state index contributed by atoms with van der Waals surface area (Å²) in [6.45, 7) is 6.21. The predicted octanol–water partition coefficient (Wildman–Crippen LogP) is 3.18. The number of amides is 1. The van der Waals surface area contributed by atoms with Crippen molar-refractivity contribution in [2.45, 2.75) is 51.7 Å². The van der Waals surface area contributed by atoms with Gasteiger partial charge in [0, 0.05) is 24.5 Å². The molecule has 5 nitrogen and oxygen atoms in total. The molecule has 1 saturated carbocycles. The zero-order valence-corrected chi connectivity index (χ0v) is 13.0. The molecule has 1 amide bonds. The highest BCUT2D eigenvalue weighted by Gasteiger charge is 2.27. The summed E-state index contributed by atoms with van der Waals surface area (Å²) < 4.78 is 10.9. The van der Waals surface area contributed by atoms with Gasteiger partial charge in [-0.1, -0.05) is 24.3 Å². The molecule has 21 heavy (non-hydrogen) atoms. The normalized spacial score (nSPS) is 24.4. The molecule has 116 valence electrons. The summed E-state index contributed by atoms with van der Waals surface area (Å²) in [5.74, 6) is 0.482. The van der Waals surface area contributed by atoms with Gasteiger partial charge in [0.05, 0.1) is 12.7 Å². The summed E-state index contributed by atoms with van der Waals surface area (Å²) >= 11 is 0. The molecule has 1 unspecified atom stereocenters. The Morgan fingerprint density at radius 1 is 1.38 bits per heavy atom. The Balaban J connectivity index is 1.60. The lowest BCUT2D eigenvalue weighted by molar-refractivity contribution is 0.0313. The van der Waals surface area contributed by atoms with E-state index in [-0.39, 0.29) is 6.10 Å². The van der Waals surface area contributed by atoms with E-state index >= 15 is 0 Å². The van der Waals surface area contributed by atoms with E-state index in [0.717, 1.165) is 31.6 Å². The van der Waals surface area contributed by atoms with Crippen LogP contribution in [0.25, 0.3) is 0 Å². The van der Waals surface area contributed by atoms with Gasteiger partial charge in [0.2, 0.25) is 0 Å². The second kappa shape index (κ2) is 6.89. The Hall–Kier alpha value is -1.62. The van der Waals surface area contributed by atoms with Gasteiger partial charge >= 0.3 is 6.09 Å². The van der Waals surface area contributed by atoms with Crippen molar-refractivity contribution < 1.29 is 14.3 Å². The van der Waals surface area contributed by atoms with Crippen LogP contribution in [-0.4, -0.2) is 30.1 Å². The van der Waals surface area contributed by atoms with Crippen molar-refractivity contribution >= 4 is 11.8 Å². The maximum absolute atomic E-state index is 11.4. The zero-order chi connectivity index (χ0) is 15.3. The van der Waals surface area contributed by atoms with E-state index in [1.807, 2.05) is 20.8 Å². The summed E-state index contributed by atoms with van der Waals surface area (Å²) in [4.78, 5) is 11.4. The van der Waals surface area contributed by atoms with E-state index in [2.05, 4.69) is 34.8 Å². The molecule has 1 fully saturated rings. The van der Waals surface area contributed by atoms with Crippen molar-refractivity contribution in [3.8, 4) is 0 Å². The monoisotopic (exact) mass is 292 g/mol. The van der Waals surface area contributed by atoms with Crippen molar-refractivity contribution in [1.82, 2.24) is 5.43 Å². The van der Waals surface area contributed by atoms with Crippen LogP contribution >= 0.6 is 0 Å². The van der Waals surface area contributed by atoms with Gasteiger partial charge in [-0.05, 0) is 27.2 Å². The first kappa shape index (κ1) is 15.8. The van der Waals surface area contributed by atoms with E-state index in [1.165, 1.54) is 0 Å². The molecule has 1 atom stereocenters. The Morgan fingerprint density at radius 3 is 2.76 bits per heavy atom. The van der Waals surface area contributed by atoms with E-state index < -0.39 is 11.7 Å². The Bertz CT molecular complexity index is 453.